The van der Waals surface area contributed by atoms with Gasteiger partial charge in [-0.25, -0.2) is 4.98 Å². The number of H-pyrrole nitrogens is 1. The van der Waals surface area contributed by atoms with E-state index in [0.717, 1.165) is 47.8 Å². The predicted molar refractivity (Wildman–Crippen MR) is 86.5 cm³/mol. The van der Waals surface area contributed by atoms with Crippen LogP contribution in [0.3, 0.4) is 0 Å². The average molecular weight is 320 g/mol. The Hall–Kier alpha value is -1.80. The topological polar surface area (TPSA) is 95.6 Å². The third kappa shape index (κ3) is 3.17. The van der Waals surface area contributed by atoms with E-state index in [-0.39, 0.29) is 5.56 Å². The molecule has 2 aromatic rings. The minimum Gasteiger partial charge on any atom is -0.351 e. The number of fused-ring (bicyclic) bond motifs is 1. The summed E-state index contributed by atoms with van der Waals surface area (Å²) >= 11 is 1.38. The fourth-order valence-electron chi connectivity index (χ4n) is 2.58. The molecular weight excluding hydrogens is 300 g/mol. The largest absolute Gasteiger partial charge is 0.351 e. The molecule has 1 aliphatic rings. The van der Waals surface area contributed by atoms with Gasteiger partial charge >= 0.3 is 0 Å². The molecule has 0 radical (unpaired) electrons. The Morgan fingerprint density at radius 1 is 1.32 bits per heavy atom. The van der Waals surface area contributed by atoms with Crippen LogP contribution in [-0.2, 0) is 19.4 Å². The summed E-state index contributed by atoms with van der Waals surface area (Å²) in [5.74, 6) is 0.856. The van der Waals surface area contributed by atoms with Crippen LogP contribution in [0.5, 0.6) is 0 Å². The predicted octanol–water partition coefficient (Wildman–Crippen LogP) is 1.05. The van der Waals surface area contributed by atoms with E-state index < -0.39 is 0 Å². The van der Waals surface area contributed by atoms with Crippen LogP contribution < -0.4 is 16.2 Å². The standard InChI is InChI=1S/C14H20N6OS/c1-8(2)12-11(22-20-19-12)7-16-14-17-10-4-6-15-5-3-9(10)13(21)18-14/h8,15H,3-7H2,1-2H3,(H2,16,17,18,21). The van der Waals surface area contributed by atoms with Gasteiger partial charge in [0.25, 0.3) is 5.56 Å². The number of anilines is 1. The number of nitrogens with one attached hydrogen (secondary N) is 3. The molecule has 22 heavy (non-hydrogen) atoms. The lowest BCUT2D eigenvalue weighted by molar-refractivity contribution is 0.708. The zero-order chi connectivity index (χ0) is 15.5. The zero-order valence-corrected chi connectivity index (χ0v) is 13.6. The molecule has 0 atom stereocenters. The molecule has 0 amide bonds. The lowest BCUT2D eigenvalue weighted by atomic mass is 10.1. The maximum atomic E-state index is 12.2. The maximum Gasteiger partial charge on any atom is 0.255 e. The quantitative estimate of drug-likeness (QED) is 0.779. The van der Waals surface area contributed by atoms with Gasteiger partial charge in [0.05, 0.1) is 22.8 Å². The highest BCUT2D eigenvalue weighted by atomic mass is 32.1. The van der Waals surface area contributed by atoms with Crippen LogP contribution >= 0.6 is 11.5 Å². The molecule has 0 aliphatic carbocycles. The van der Waals surface area contributed by atoms with E-state index in [0.29, 0.717) is 18.4 Å². The average Bonchev–Trinajstić information content (AvgIpc) is 2.83. The van der Waals surface area contributed by atoms with Gasteiger partial charge in [-0.05, 0) is 30.4 Å². The van der Waals surface area contributed by atoms with Gasteiger partial charge in [0.2, 0.25) is 5.95 Å². The Balaban J connectivity index is 1.78. The third-order valence-corrected chi connectivity index (χ3v) is 4.48. The molecule has 0 saturated carbocycles. The molecule has 3 rings (SSSR count). The maximum absolute atomic E-state index is 12.2. The van der Waals surface area contributed by atoms with E-state index in [9.17, 15) is 4.79 Å². The van der Waals surface area contributed by atoms with Crippen molar-refractivity contribution in [3.63, 3.8) is 0 Å². The minimum atomic E-state index is -0.0392. The van der Waals surface area contributed by atoms with E-state index in [1.165, 1.54) is 11.5 Å². The van der Waals surface area contributed by atoms with E-state index in [2.05, 4.69) is 44.0 Å². The molecule has 3 N–H and O–H groups in total. The van der Waals surface area contributed by atoms with Crippen molar-refractivity contribution in [1.82, 2.24) is 24.9 Å². The fraction of sp³-hybridized carbons (Fsp3) is 0.571. The van der Waals surface area contributed by atoms with Crippen molar-refractivity contribution in [1.29, 1.82) is 0 Å². The Bertz CT molecular complexity index is 708. The van der Waals surface area contributed by atoms with Crippen molar-refractivity contribution in [2.24, 2.45) is 0 Å². The van der Waals surface area contributed by atoms with Crippen LogP contribution in [0.15, 0.2) is 4.79 Å². The summed E-state index contributed by atoms with van der Waals surface area (Å²) < 4.78 is 4.01. The van der Waals surface area contributed by atoms with Crippen LogP contribution in [0.25, 0.3) is 0 Å². The van der Waals surface area contributed by atoms with Gasteiger partial charge in [0.15, 0.2) is 0 Å². The first-order chi connectivity index (χ1) is 10.6. The molecule has 7 nitrogen and oxygen atoms in total. The van der Waals surface area contributed by atoms with Crippen LogP contribution in [0, 0.1) is 0 Å². The fourth-order valence-corrected chi connectivity index (χ4v) is 3.31. The van der Waals surface area contributed by atoms with E-state index in [1.54, 1.807) is 0 Å². The summed E-state index contributed by atoms with van der Waals surface area (Å²) in [5, 5.41) is 10.6. The van der Waals surface area contributed by atoms with Crippen LogP contribution in [-0.4, -0.2) is 32.6 Å². The van der Waals surface area contributed by atoms with E-state index in [1.807, 2.05) is 0 Å². The summed E-state index contributed by atoms with van der Waals surface area (Å²) in [5.41, 5.74) is 2.65. The molecule has 0 saturated heterocycles. The Kier molecular flexibility index (Phi) is 4.49. The van der Waals surface area contributed by atoms with Crippen molar-refractivity contribution in [2.45, 2.75) is 39.2 Å². The number of hydrogen-bond acceptors (Lipinski definition) is 7. The van der Waals surface area contributed by atoms with Crippen LogP contribution in [0.4, 0.5) is 5.95 Å². The highest BCUT2D eigenvalue weighted by Crippen LogP contribution is 2.20. The second-order valence-corrected chi connectivity index (χ2v) is 6.52. The number of rotatable bonds is 4. The first kappa shape index (κ1) is 15.1. The van der Waals surface area contributed by atoms with Crippen molar-refractivity contribution < 1.29 is 0 Å². The third-order valence-electron chi connectivity index (χ3n) is 3.74. The van der Waals surface area contributed by atoms with Crippen molar-refractivity contribution >= 4 is 17.5 Å². The highest BCUT2D eigenvalue weighted by molar-refractivity contribution is 7.05. The van der Waals surface area contributed by atoms with Crippen molar-refractivity contribution in [3.8, 4) is 0 Å². The molecule has 8 heteroatoms. The molecule has 1 aliphatic heterocycles. The van der Waals surface area contributed by atoms with E-state index >= 15 is 0 Å². The summed E-state index contributed by atoms with van der Waals surface area (Å²) in [7, 11) is 0. The minimum absolute atomic E-state index is 0.0392. The van der Waals surface area contributed by atoms with Gasteiger partial charge in [-0.15, -0.1) is 5.10 Å². The van der Waals surface area contributed by atoms with Crippen molar-refractivity contribution in [3.05, 3.63) is 32.2 Å². The Labute approximate surface area is 132 Å². The zero-order valence-electron chi connectivity index (χ0n) is 12.8. The van der Waals surface area contributed by atoms with Gasteiger partial charge in [0, 0.05) is 18.5 Å². The second-order valence-electron chi connectivity index (χ2n) is 5.68. The first-order valence-corrected chi connectivity index (χ1v) is 8.30. The smallest absolute Gasteiger partial charge is 0.255 e. The molecule has 0 aromatic carbocycles. The number of hydrogen-bond donors (Lipinski definition) is 3. The van der Waals surface area contributed by atoms with Crippen molar-refractivity contribution in [2.75, 3.05) is 18.4 Å². The lowest BCUT2D eigenvalue weighted by Gasteiger charge is -2.09. The lowest BCUT2D eigenvalue weighted by Crippen LogP contribution is -2.21. The monoisotopic (exact) mass is 320 g/mol. The SMILES string of the molecule is CC(C)c1nnsc1CNc1nc2c(c(=O)[nH]1)CCNCC2. The van der Waals surface area contributed by atoms with Gasteiger partial charge in [0.1, 0.15) is 0 Å². The van der Waals surface area contributed by atoms with Gasteiger partial charge in [-0.2, -0.15) is 0 Å². The highest BCUT2D eigenvalue weighted by Gasteiger charge is 2.15. The number of aromatic nitrogens is 4. The number of aromatic amines is 1. The summed E-state index contributed by atoms with van der Waals surface area (Å²) in [6.07, 6.45) is 1.52. The second kappa shape index (κ2) is 6.53. The first-order valence-electron chi connectivity index (χ1n) is 7.53. The molecule has 118 valence electrons. The number of nitrogens with zero attached hydrogens (tertiary/aromatic N) is 3. The molecule has 2 aromatic heterocycles. The molecule has 0 fully saturated rings. The van der Waals surface area contributed by atoms with Gasteiger partial charge in [-0.3, -0.25) is 9.78 Å². The molecule has 0 bridgehead atoms. The molecular formula is C14H20N6OS. The van der Waals surface area contributed by atoms with Crippen LogP contribution in [0.1, 0.15) is 41.6 Å². The molecule has 0 spiro atoms. The van der Waals surface area contributed by atoms with Crippen LogP contribution in [0.2, 0.25) is 0 Å². The summed E-state index contributed by atoms with van der Waals surface area (Å²) in [6, 6.07) is 0. The molecule has 0 unspecified atom stereocenters. The molecule has 3 heterocycles. The Morgan fingerprint density at radius 3 is 2.95 bits per heavy atom. The van der Waals surface area contributed by atoms with Gasteiger partial charge < -0.3 is 10.6 Å². The van der Waals surface area contributed by atoms with E-state index in [4.69, 9.17) is 0 Å². The summed E-state index contributed by atoms with van der Waals surface area (Å²) in [6.45, 7) is 6.45. The Morgan fingerprint density at radius 2 is 2.14 bits per heavy atom. The summed E-state index contributed by atoms with van der Waals surface area (Å²) in [4.78, 5) is 20.7. The normalized spacial score (nSPS) is 14.7. The van der Waals surface area contributed by atoms with Gasteiger partial charge in [-0.1, -0.05) is 18.3 Å².